The van der Waals surface area contributed by atoms with Crippen LogP contribution in [-0.2, 0) is 4.74 Å². The molecule has 1 saturated carbocycles. The molecule has 0 heterocycles. The van der Waals surface area contributed by atoms with Crippen LogP contribution in [0.1, 0.15) is 46.5 Å². The molecule has 0 amide bonds. The quantitative estimate of drug-likeness (QED) is 0.828. The monoisotopic (exact) mass is 252 g/mol. The third kappa shape index (κ3) is 3.28. The summed E-state index contributed by atoms with van der Waals surface area (Å²) in [4.78, 5) is 0. The van der Waals surface area contributed by atoms with Gasteiger partial charge in [0.1, 0.15) is 0 Å². The second-order valence-electron chi connectivity index (χ2n) is 6.73. The first-order chi connectivity index (χ1) is 8.60. The van der Waals surface area contributed by atoms with Crippen molar-refractivity contribution in [3.05, 3.63) is 11.8 Å². The van der Waals surface area contributed by atoms with Crippen molar-refractivity contribution in [2.45, 2.75) is 46.5 Å². The largest absolute Gasteiger partial charge is 0.498 e. The molecule has 1 N–H and O–H groups in total. The summed E-state index contributed by atoms with van der Waals surface area (Å²) in [5.74, 6) is 4.56. The number of rotatable bonds is 4. The fourth-order valence-corrected chi connectivity index (χ4v) is 3.49. The van der Waals surface area contributed by atoms with Gasteiger partial charge in [-0.15, -0.1) is 0 Å². The van der Waals surface area contributed by atoms with Gasteiger partial charge in [-0.05, 0) is 54.9 Å². The van der Waals surface area contributed by atoms with Gasteiger partial charge in [-0.2, -0.15) is 0 Å². The Labute approximate surface area is 111 Å². The van der Waals surface area contributed by atoms with E-state index in [0.29, 0.717) is 24.4 Å². The number of aliphatic hydroxyl groups excluding tert-OH is 1. The molecule has 0 aromatic carbocycles. The van der Waals surface area contributed by atoms with Gasteiger partial charge in [-0.25, -0.2) is 0 Å². The lowest BCUT2D eigenvalue weighted by Crippen LogP contribution is -2.34. The van der Waals surface area contributed by atoms with E-state index in [1.54, 1.807) is 0 Å². The molecule has 0 aliphatic heterocycles. The van der Waals surface area contributed by atoms with Gasteiger partial charge in [0.05, 0.1) is 12.4 Å². The molecule has 0 bridgehead atoms. The fourth-order valence-electron chi connectivity index (χ4n) is 3.49. The molecule has 2 aliphatic carbocycles. The lowest BCUT2D eigenvalue weighted by atomic mass is 9.65. The zero-order chi connectivity index (χ0) is 13.1. The zero-order valence-electron chi connectivity index (χ0n) is 12.1. The summed E-state index contributed by atoms with van der Waals surface area (Å²) in [5.41, 5.74) is 0. The van der Waals surface area contributed by atoms with Crippen molar-refractivity contribution >= 4 is 0 Å². The predicted octanol–water partition coefficient (Wildman–Crippen LogP) is 3.61. The van der Waals surface area contributed by atoms with Crippen LogP contribution >= 0.6 is 0 Å². The third-order valence-electron chi connectivity index (χ3n) is 4.70. The van der Waals surface area contributed by atoms with E-state index in [1.807, 2.05) is 0 Å². The van der Waals surface area contributed by atoms with Gasteiger partial charge in [0.2, 0.25) is 0 Å². The lowest BCUT2D eigenvalue weighted by molar-refractivity contribution is 0.0542. The van der Waals surface area contributed by atoms with Gasteiger partial charge in [0, 0.05) is 13.0 Å². The molecular weight excluding hydrogens is 224 g/mol. The molecule has 1 unspecified atom stereocenters. The minimum atomic E-state index is 0.357. The number of hydrogen-bond acceptors (Lipinski definition) is 2. The van der Waals surface area contributed by atoms with Crippen LogP contribution in [0, 0.1) is 29.6 Å². The second kappa shape index (κ2) is 6.10. The molecular formula is C16H28O2. The smallest absolute Gasteiger partial charge is 0.0923 e. The Bertz CT molecular complexity index is 295. The van der Waals surface area contributed by atoms with Gasteiger partial charge >= 0.3 is 0 Å². The van der Waals surface area contributed by atoms with E-state index in [1.165, 1.54) is 25.0 Å². The zero-order valence-corrected chi connectivity index (χ0v) is 12.1. The highest BCUT2D eigenvalue weighted by atomic mass is 16.5. The first-order valence-electron chi connectivity index (χ1n) is 7.52. The van der Waals surface area contributed by atoms with E-state index in [-0.39, 0.29) is 0 Å². The fraction of sp³-hybridized carbons (Fsp3) is 0.875. The van der Waals surface area contributed by atoms with Crippen molar-refractivity contribution in [1.82, 2.24) is 0 Å². The van der Waals surface area contributed by atoms with Gasteiger partial charge in [-0.1, -0.05) is 20.8 Å². The minimum absolute atomic E-state index is 0.357. The highest BCUT2D eigenvalue weighted by Crippen LogP contribution is 2.44. The van der Waals surface area contributed by atoms with Crippen molar-refractivity contribution in [3.63, 3.8) is 0 Å². The summed E-state index contributed by atoms with van der Waals surface area (Å²) in [7, 11) is 0. The molecule has 2 nitrogen and oxygen atoms in total. The molecule has 18 heavy (non-hydrogen) atoms. The van der Waals surface area contributed by atoms with Crippen LogP contribution in [0.5, 0.6) is 0 Å². The van der Waals surface area contributed by atoms with Crippen LogP contribution < -0.4 is 0 Å². The molecule has 4 atom stereocenters. The van der Waals surface area contributed by atoms with E-state index in [0.717, 1.165) is 24.9 Å². The summed E-state index contributed by atoms with van der Waals surface area (Å²) in [6, 6.07) is 0. The summed E-state index contributed by atoms with van der Waals surface area (Å²) < 4.78 is 5.89. The average Bonchev–Trinajstić information content (AvgIpc) is 2.35. The van der Waals surface area contributed by atoms with Crippen molar-refractivity contribution in [2.24, 2.45) is 29.6 Å². The van der Waals surface area contributed by atoms with E-state index < -0.39 is 0 Å². The third-order valence-corrected chi connectivity index (χ3v) is 4.70. The van der Waals surface area contributed by atoms with E-state index >= 15 is 0 Å². The van der Waals surface area contributed by atoms with E-state index in [4.69, 9.17) is 4.74 Å². The summed E-state index contributed by atoms with van der Waals surface area (Å²) in [6.07, 6.45) is 7.06. The highest BCUT2D eigenvalue weighted by molar-refractivity contribution is 5.04. The molecule has 0 radical (unpaired) electrons. The van der Waals surface area contributed by atoms with Crippen LogP contribution in [0.15, 0.2) is 11.8 Å². The minimum Gasteiger partial charge on any atom is -0.498 e. The molecule has 2 heteroatoms. The first-order valence-corrected chi connectivity index (χ1v) is 7.52. The van der Waals surface area contributed by atoms with Crippen LogP contribution in [0.25, 0.3) is 0 Å². The Hall–Kier alpha value is -0.500. The summed E-state index contributed by atoms with van der Waals surface area (Å²) in [5, 5.41) is 9.45. The Morgan fingerprint density at radius 1 is 1.33 bits per heavy atom. The topological polar surface area (TPSA) is 29.5 Å². The van der Waals surface area contributed by atoms with Crippen LogP contribution in [0.4, 0.5) is 0 Å². The van der Waals surface area contributed by atoms with Gasteiger partial charge < -0.3 is 9.84 Å². The summed E-state index contributed by atoms with van der Waals surface area (Å²) in [6.45, 7) is 7.87. The van der Waals surface area contributed by atoms with Crippen molar-refractivity contribution in [3.8, 4) is 0 Å². The maximum atomic E-state index is 9.45. The molecule has 0 spiro atoms. The number of allylic oxidation sites excluding steroid dienone is 2. The first kappa shape index (κ1) is 13.9. The predicted molar refractivity (Wildman–Crippen MR) is 74.1 cm³/mol. The highest BCUT2D eigenvalue weighted by Gasteiger charge is 2.36. The Morgan fingerprint density at radius 3 is 2.78 bits per heavy atom. The van der Waals surface area contributed by atoms with Crippen LogP contribution in [-0.4, -0.2) is 18.3 Å². The molecule has 0 aromatic heterocycles. The summed E-state index contributed by atoms with van der Waals surface area (Å²) >= 11 is 0. The molecule has 104 valence electrons. The van der Waals surface area contributed by atoms with Crippen LogP contribution in [0.3, 0.4) is 0 Å². The van der Waals surface area contributed by atoms with Crippen molar-refractivity contribution in [2.75, 3.05) is 13.2 Å². The standard InChI is InChI=1S/C16H28O2/c1-11(2)10-18-16-5-4-13-6-12(3)15(9-17)7-14(13)8-16/h5,11-15,17H,4,6-10H2,1-3H3/t12-,13+,14?,15-/m1/s1. The molecule has 2 rings (SSSR count). The normalized spacial score (nSPS) is 36.2. The Kier molecular flexibility index (Phi) is 4.71. The molecule has 1 fully saturated rings. The maximum absolute atomic E-state index is 9.45. The van der Waals surface area contributed by atoms with Crippen molar-refractivity contribution in [1.29, 1.82) is 0 Å². The van der Waals surface area contributed by atoms with Gasteiger partial charge in [-0.3, -0.25) is 0 Å². The number of hydrogen-bond donors (Lipinski definition) is 1. The SMILES string of the molecule is CC(C)COC1=CC[C@H]2C[C@@H](C)[C@@H](CO)CC2C1. The molecule has 2 aliphatic rings. The van der Waals surface area contributed by atoms with E-state index in [2.05, 4.69) is 26.8 Å². The average molecular weight is 252 g/mol. The Balaban J connectivity index is 1.91. The number of aliphatic hydroxyl groups is 1. The number of fused-ring (bicyclic) bond motifs is 1. The maximum Gasteiger partial charge on any atom is 0.0923 e. The van der Waals surface area contributed by atoms with Crippen LogP contribution in [0.2, 0.25) is 0 Å². The van der Waals surface area contributed by atoms with E-state index in [9.17, 15) is 5.11 Å². The molecule has 0 saturated heterocycles. The number of ether oxygens (including phenoxy) is 1. The van der Waals surface area contributed by atoms with Gasteiger partial charge in [0.15, 0.2) is 0 Å². The Morgan fingerprint density at radius 2 is 2.11 bits per heavy atom. The molecule has 0 aromatic rings. The lowest BCUT2D eigenvalue weighted by Gasteiger charge is -2.41. The van der Waals surface area contributed by atoms with Gasteiger partial charge in [0.25, 0.3) is 0 Å². The second-order valence-corrected chi connectivity index (χ2v) is 6.73. The van der Waals surface area contributed by atoms with Crippen molar-refractivity contribution < 1.29 is 9.84 Å².